The largest absolute Gasteiger partial charge is 0.490 e. The summed E-state index contributed by atoms with van der Waals surface area (Å²) in [6.07, 6.45) is 3.57. The van der Waals surface area contributed by atoms with Crippen molar-refractivity contribution in [2.45, 2.75) is 45.8 Å². The third-order valence-corrected chi connectivity index (χ3v) is 7.30. The number of ether oxygens (including phenoxy) is 1. The fourth-order valence-corrected chi connectivity index (χ4v) is 5.07. The minimum Gasteiger partial charge on any atom is -0.490 e. The number of likely N-dealkylation sites (tertiary alicyclic amines) is 1. The quantitative estimate of drug-likeness (QED) is 0.485. The third-order valence-electron chi connectivity index (χ3n) is 7.30. The van der Waals surface area contributed by atoms with Gasteiger partial charge in [0.15, 0.2) is 5.76 Å². The summed E-state index contributed by atoms with van der Waals surface area (Å²) >= 11 is 0. The van der Waals surface area contributed by atoms with Crippen molar-refractivity contribution in [3.63, 3.8) is 0 Å². The molecule has 9 heteroatoms. The van der Waals surface area contributed by atoms with E-state index in [0.29, 0.717) is 44.1 Å². The highest BCUT2D eigenvalue weighted by atomic mass is 16.5. The maximum Gasteiger partial charge on any atom is 0.289 e. The number of benzene rings is 1. The molecule has 0 unspecified atom stereocenters. The summed E-state index contributed by atoms with van der Waals surface area (Å²) in [7, 11) is 0. The lowest BCUT2D eigenvalue weighted by molar-refractivity contribution is -0.132. The molecule has 9 nitrogen and oxygen atoms in total. The van der Waals surface area contributed by atoms with E-state index in [2.05, 4.69) is 22.2 Å². The number of amides is 2. The van der Waals surface area contributed by atoms with Crippen LogP contribution in [0.1, 0.15) is 46.0 Å². The van der Waals surface area contributed by atoms with E-state index in [1.165, 1.54) is 11.8 Å². The van der Waals surface area contributed by atoms with E-state index in [0.717, 1.165) is 49.5 Å². The van der Waals surface area contributed by atoms with Crippen LogP contribution in [-0.2, 0) is 17.8 Å². The van der Waals surface area contributed by atoms with Gasteiger partial charge in [0.25, 0.3) is 5.91 Å². The zero-order valence-corrected chi connectivity index (χ0v) is 21.5. The summed E-state index contributed by atoms with van der Waals surface area (Å²) in [6, 6.07) is 11.7. The van der Waals surface area contributed by atoms with E-state index in [4.69, 9.17) is 13.7 Å². The smallest absolute Gasteiger partial charge is 0.289 e. The monoisotopic (exact) mass is 506 g/mol. The Morgan fingerprint density at radius 2 is 1.78 bits per heavy atom. The number of aryl methyl sites for hydroxylation is 2. The molecule has 0 bridgehead atoms. The van der Waals surface area contributed by atoms with Gasteiger partial charge < -0.3 is 23.5 Å². The van der Waals surface area contributed by atoms with Crippen LogP contribution in [-0.4, -0.2) is 77.0 Å². The second kappa shape index (κ2) is 11.2. The number of hydrogen-bond donors (Lipinski definition) is 0. The van der Waals surface area contributed by atoms with Gasteiger partial charge in [0.05, 0.1) is 18.4 Å². The first kappa shape index (κ1) is 25.1. The van der Waals surface area contributed by atoms with Crippen LogP contribution < -0.4 is 4.74 Å². The molecule has 0 aliphatic carbocycles. The van der Waals surface area contributed by atoms with Gasteiger partial charge in [0.2, 0.25) is 5.91 Å². The first-order chi connectivity index (χ1) is 18.0. The summed E-state index contributed by atoms with van der Waals surface area (Å²) in [5, 5.41) is 3.95. The molecule has 2 saturated heterocycles. The number of aromatic nitrogens is 1. The van der Waals surface area contributed by atoms with Crippen LogP contribution in [0.5, 0.6) is 5.75 Å². The Hall–Kier alpha value is -3.59. The van der Waals surface area contributed by atoms with Gasteiger partial charge in [0.1, 0.15) is 17.6 Å². The van der Waals surface area contributed by atoms with Crippen molar-refractivity contribution in [1.29, 1.82) is 0 Å². The molecule has 5 rings (SSSR count). The highest BCUT2D eigenvalue weighted by Gasteiger charge is 2.26. The predicted molar refractivity (Wildman–Crippen MR) is 136 cm³/mol. The number of piperidine rings is 1. The molecule has 0 N–H and O–H groups in total. The van der Waals surface area contributed by atoms with Crippen molar-refractivity contribution in [3.05, 3.63) is 71.0 Å². The zero-order valence-electron chi connectivity index (χ0n) is 21.5. The Morgan fingerprint density at radius 3 is 2.46 bits per heavy atom. The zero-order chi connectivity index (χ0) is 25.8. The van der Waals surface area contributed by atoms with Crippen molar-refractivity contribution in [2.75, 3.05) is 39.3 Å². The number of rotatable bonds is 7. The maximum atomic E-state index is 12.8. The number of piperazine rings is 1. The van der Waals surface area contributed by atoms with Gasteiger partial charge in [-0.3, -0.25) is 14.5 Å². The minimum atomic E-state index is -0.0449. The van der Waals surface area contributed by atoms with Crippen molar-refractivity contribution < 1.29 is 23.3 Å². The second-order valence-electron chi connectivity index (χ2n) is 9.87. The first-order valence-electron chi connectivity index (χ1n) is 13.0. The number of carbonyl (C=O) groups is 2. The van der Waals surface area contributed by atoms with E-state index in [9.17, 15) is 9.59 Å². The van der Waals surface area contributed by atoms with Gasteiger partial charge >= 0.3 is 0 Å². The van der Waals surface area contributed by atoms with Crippen LogP contribution >= 0.6 is 0 Å². The third kappa shape index (κ3) is 6.05. The number of furan rings is 1. The molecule has 0 atom stereocenters. The molecule has 0 radical (unpaired) electrons. The summed E-state index contributed by atoms with van der Waals surface area (Å²) in [4.78, 5) is 31.4. The molecule has 2 amide bonds. The van der Waals surface area contributed by atoms with E-state index in [-0.39, 0.29) is 17.9 Å². The van der Waals surface area contributed by atoms with Gasteiger partial charge in [-0.2, -0.15) is 0 Å². The fraction of sp³-hybridized carbons (Fsp3) is 0.464. The Kier molecular flexibility index (Phi) is 7.60. The molecule has 0 saturated carbocycles. The fourth-order valence-electron chi connectivity index (χ4n) is 5.07. The summed E-state index contributed by atoms with van der Waals surface area (Å²) < 4.78 is 16.7. The van der Waals surface area contributed by atoms with Gasteiger partial charge in [0, 0.05) is 64.2 Å². The lowest BCUT2D eigenvalue weighted by Crippen LogP contribution is -2.48. The van der Waals surface area contributed by atoms with E-state index in [1.54, 1.807) is 12.1 Å². The SMILES string of the molecule is Cc1noc(C)c1CC(=O)N1CCC(Oc2cccc(CN3CCN(C(=O)c4ccco4)CC3)c2)CC1. The molecule has 196 valence electrons. The Balaban J connectivity index is 1.07. The first-order valence-corrected chi connectivity index (χ1v) is 13.0. The molecule has 4 heterocycles. The maximum absolute atomic E-state index is 12.8. The van der Waals surface area contributed by atoms with Crippen molar-refractivity contribution in [2.24, 2.45) is 0 Å². The average Bonchev–Trinajstić information content (AvgIpc) is 3.56. The van der Waals surface area contributed by atoms with Gasteiger partial charge in [-0.25, -0.2) is 0 Å². The number of carbonyl (C=O) groups excluding carboxylic acids is 2. The van der Waals surface area contributed by atoms with E-state index >= 15 is 0 Å². The molecule has 3 aromatic rings. The van der Waals surface area contributed by atoms with Crippen LogP contribution in [0.3, 0.4) is 0 Å². The molecule has 37 heavy (non-hydrogen) atoms. The molecule has 2 aliphatic heterocycles. The standard InChI is InChI=1S/C28H34N4O5/c1-20-25(21(2)37-29-20)18-27(33)31-10-8-23(9-11-31)36-24-6-3-5-22(17-24)19-30-12-14-32(15-13-30)28(34)26-7-4-16-35-26/h3-7,16-17,23H,8-15,18-19H2,1-2H3. The van der Waals surface area contributed by atoms with Gasteiger partial charge in [-0.1, -0.05) is 17.3 Å². The minimum absolute atomic E-state index is 0.0449. The average molecular weight is 507 g/mol. The van der Waals surface area contributed by atoms with Gasteiger partial charge in [-0.15, -0.1) is 0 Å². The van der Waals surface area contributed by atoms with Crippen LogP contribution in [0.15, 0.2) is 51.6 Å². The molecule has 2 fully saturated rings. The van der Waals surface area contributed by atoms with Crippen molar-refractivity contribution in [3.8, 4) is 5.75 Å². The van der Waals surface area contributed by atoms with Crippen LogP contribution in [0, 0.1) is 13.8 Å². The Bertz CT molecular complexity index is 1190. The van der Waals surface area contributed by atoms with Crippen LogP contribution in [0.2, 0.25) is 0 Å². The van der Waals surface area contributed by atoms with Gasteiger partial charge in [-0.05, 0) is 43.7 Å². The van der Waals surface area contributed by atoms with E-state index in [1.807, 2.05) is 35.8 Å². The van der Waals surface area contributed by atoms with Crippen molar-refractivity contribution >= 4 is 11.8 Å². The normalized spacial score (nSPS) is 17.2. The number of hydrogen-bond acceptors (Lipinski definition) is 7. The highest BCUT2D eigenvalue weighted by molar-refractivity contribution is 5.91. The Morgan fingerprint density at radius 1 is 1.00 bits per heavy atom. The molecular weight excluding hydrogens is 472 g/mol. The van der Waals surface area contributed by atoms with E-state index < -0.39 is 0 Å². The topological polar surface area (TPSA) is 92.3 Å². The molecule has 2 aliphatic rings. The van der Waals surface area contributed by atoms with Crippen LogP contribution in [0.4, 0.5) is 0 Å². The number of nitrogens with zero attached hydrogens (tertiary/aromatic N) is 4. The Labute approximate surface area is 216 Å². The summed E-state index contributed by atoms with van der Waals surface area (Å²) in [5.41, 5.74) is 2.87. The predicted octanol–water partition coefficient (Wildman–Crippen LogP) is 3.45. The lowest BCUT2D eigenvalue weighted by Gasteiger charge is -2.34. The molecule has 1 aromatic carbocycles. The molecular formula is C28H34N4O5. The second-order valence-corrected chi connectivity index (χ2v) is 9.87. The summed E-state index contributed by atoms with van der Waals surface area (Å²) in [6.45, 7) is 8.91. The lowest BCUT2D eigenvalue weighted by atomic mass is 10.1. The molecule has 0 spiro atoms. The highest BCUT2D eigenvalue weighted by Crippen LogP contribution is 2.23. The van der Waals surface area contributed by atoms with Crippen LogP contribution in [0.25, 0.3) is 0 Å². The molecule has 2 aromatic heterocycles. The summed E-state index contributed by atoms with van der Waals surface area (Å²) in [5.74, 6) is 2.05. The van der Waals surface area contributed by atoms with Crippen molar-refractivity contribution in [1.82, 2.24) is 19.9 Å².